The van der Waals surface area contributed by atoms with Crippen molar-refractivity contribution in [3.8, 4) is 17.5 Å². The summed E-state index contributed by atoms with van der Waals surface area (Å²) in [5, 5.41) is 16.9. The molecule has 1 amide bonds. The van der Waals surface area contributed by atoms with E-state index in [4.69, 9.17) is 0 Å². The molecule has 0 saturated carbocycles. The maximum absolute atomic E-state index is 13.5. The van der Waals surface area contributed by atoms with Crippen molar-refractivity contribution in [1.82, 2.24) is 14.7 Å². The summed E-state index contributed by atoms with van der Waals surface area (Å²) in [4.78, 5) is 27.4. The van der Waals surface area contributed by atoms with Crippen molar-refractivity contribution in [1.29, 1.82) is 5.26 Å². The number of nitriles is 1. The van der Waals surface area contributed by atoms with Gasteiger partial charge in [-0.15, -0.1) is 0 Å². The van der Waals surface area contributed by atoms with E-state index in [1.807, 2.05) is 53.1 Å². The molecule has 0 aliphatic rings. The molecule has 0 saturated heterocycles. The van der Waals surface area contributed by atoms with Crippen LogP contribution in [0.4, 0.5) is 5.69 Å². The second-order valence-corrected chi connectivity index (χ2v) is 8.10. The largest absolute Gasteiger partial charge is 0.439 e. The maximum atomic E-state index is 13.5. The first kappa shape index (κ1) is 21.9. The number of hydrogen-bond acceptors (Lipinski definition) is 5. The predicted molar refractivity (Wildman–Crippen MR) is 132 cm³/mol. The first-order valence-corrected chi connectivity index (χ1v) is 11.2. The van der Waals surface area contributed by atoms with E-state index in [9.17, 15) is 14.9 Å². The summed E-state index contributed by atoms with van der Waals surface area (Å²) in [6, 6.07) is 26.8. The molecule has 0 atom stereocenters. The van der Waals surface area contributed by atoms with E-state index in [2.05, 4.69) is 38.2 Å². The van der Waals surface area contributed by atoms with Gasteiger partial charge in [0.25, 0.3) is 5.91 Å². The van der Waals surface area contributed by atoms with Crippen LogP contribution in [0.1, 0.15) is 28.0 Å². The second-order valence-electron chi connectivity index (χ2n) is 8.10. The molecule has 2 aromatic heterocycles. The summed E-state index contributed by atoms with van der Waals surface area (Å²) in [6.45, 7) is 0.669. The lowest BCUT2D eigenvalue weighted by molar-refractivity contribution is 0.101. The number of carbonyl (C=O) groups excluding carboxylic acids is 1. The van der Waals surface area contributed by atoms with E-state index < -0.39 is 5.76 Å². The fraction of sp³-hybridized carbons (Fsp3) is 0.111. The Labute approximate surface area is 200 Å². The fourth-order valence-electron chi connectivity index (χ4n) is 4.18. The van der Waals surface area contributed by atoms with Crippen LogP contribution in [-0.4, -0.2) is 20.6 Å². The van der Waals surface area contributed by atoms with Gasteiger partial charge in [-0.1, -0.05) is 53.7 Å². The number of aromatic nitrogens is 3. The molecular weight excluding hydrogens is 442 g/mol. The number of H-pyrrole nitrogens is 1. The lowest BCUT2D eigenvalue weighted by Crippen LogP contribution is -2.18. The molecule has 2 heterocycles. The number of aromatic amines is 1. The van der Waals surface area contributed by atoms with E-state index >= 15 is 0 Å². The second kappa shape index (κ2) is 9.53. The van der Waals surface area contributed by atoms with Crippen molar-refractivity contribution in [3.05, 3.63) is 106 Å². The van der Waals surface area contributed by atoms with Gasteiger partial charge in [-0.05, 0) is 48.7 Å². The van der Waals surface area contributed by atoms with E-state index in [0.29, 0.717) is 29.1 Å². The maximum Gasteiger partial charge on any atom is 0.439 e. The molecule has 5 rings (SSSR count). The number of hydrogen-bond donors (Lipinski definition) is 2. The number of benzene rings is 3. The van der Waals surface area contributed by atoms with Gasteiger partial charge >= 0.3 is 5.76 Å². The molecule has 0 aliphatic carbocycles. The third kappa shape index (κ3) is 4.61. The Hall–Kier alpha value is -4.90. The molecule has 3 aromatic carbocycles. The van der Waals surface area contributed by atoms with Crippen LogP contribution in [0.2, 0.25) is 0 Å². The first-order chi connectivity index (χ1) is 17.1. The number of nitrogens with zero attached hydrogens (tertiary/aromatic N) is 3. The molecule has 8 nitrogen and oxygen atoms in total. The number of anilines is 1. The highest BCUT2D eigenvalue weighted by atomic mass is 16.5. The minimum atomic E-state index is -0.724. The topological polar surface area (TPSA) is 117 Å². The van der Waals surface area contributed by atoms with Gasteiger partial charge in [0.05, 0.1) is 17.3 Å². The van der Waals surface area contributed by atoms with Crippen LogP contribution in [0, 0.1) is 11.3 Å². The number of para-hydroxylation sites is 1. The van der Waals surface area contributed by atoms with Crippen molar-refractivity contribution in [3.63, 3.8) is 0 Å². The molecule has 172 valence electrons. The molecule has 0 spiro atoms. The van der Waals surface area contributed by atoms with Gasteiger partial charge in [0.1, 0.15) is 5.69 Å². The van der Waals surface area contributed by atoms with Crippen LogP contribution in [-0.2, 0) is 13.0 Å². The Morgan fingerprint density at radius 3 is 2.63 bits per heavy atom. The smallest absolute Gasteiger partial charge is 0.336 e. The van der Waals surface area contributed by atoms with Gasteiger partial charge < -0.3 is 9.88 Å². The zero-order valence-electron chi connectivity index (χ0n) is 18.7. The van der Waals surface area contributed by atoms with Gasteiger partial charge in [-0.3, -0.25) is 14.3 Å². The summed E-state index contributed by atoms with van der Waals surface area (Å²) in [6.07, 6.45) is 1.76. The van der Waals surface area contributed by atoms with Crippen LogP contribution in [0.3, 0.4) is 0 Å². The Morgan fingerprint density at radius 1 is 1.06 bits per heavy atom. The minimum absolute atomic E-state index is 0.130. The predicted octanol–water partition coefficient (Wildman–Crippen LogP) is 4.74. The molecule has 0 aliphatic heterocycles. The number of nitrogens with one attached hydrogen (secondary N) is 2. The molecule has 0 unspecified atom stereocenters. The monoisotopic (exact) mass is 463 g/mol. The fourth-order valence-corrected chi connectivity index (χ4v) is 4.18. The van der Waals surface area contributed by atoms with Crippen LogP contribution in [0.15, 0.2) is 88.2 Å². The van der Waals surface area contributed by atoms with Gasteiger partial charge in [0, 0.05) is 23.0 Å². The molecule has 0 radical (unpaired) electrons. The van der Waals surface area contributed by atoms with Gasteiger partial charge in [-0.2, -0.15) is 5.26 Å². The van der Waals surface area contributed by atoms with E-state index in [1.54, 1.807) is 18.2 Å². The summed E-state index contributed by atoms with van der Waals surface area (Å²) in [5.74, 6) is -0.901. The Balaban J connectivity index is 1.46. The summed E-state index contributed by atoms with van der Waals surface area (Å²) in [5.41, 5.74) is 3.89. The SMILES string of the molecule is N#Cc1ccc(NC(=O)c2cc3ccccc3n2CCCc2ccccc2)c(-c2noc(=O)[nH]2)c1. The zero-order chi connectivity index (χ0) is 24.2. The van der Waals surface area contributed by atoms with Gasteiger partial charge in [0.15, 0.2) is 5.82 Å². The number of rotatable bonds is 7. The first-order valence-electron chi connectivity index (χ1n) is 11.2. The van der Waals surface area contributed by atoms with Crippen molar-refractivity contribution in [2.24, 2.45) is 0 Å². The van der Waals surface area contributed by atoms with E-state index in [-0.39, 0.29) is 11.7 Å². The highest BCUT2D eigenvalue weighted by Crippen LogP contribution is 2.28. The van der Waals surface area contributed by atoms with Gasteiger partial charge in [0.2, 0.25) is 0 Å². The molecule has 5 aromatic rings. The molecular formula is C27H21N5O3. The van der Waals surface area contributed by atoms with Crippen molar-refractivity contribution >= 4 is 22.5 Å². The highest BCUT2D eigenvalue weighted by Gasteiger charge is 2.19. The van der Waals surface area contributed by atoms with Gasteiger partial charge in [-0.25, -0.2) is 4.79 Å². The number of carbonyl (C=O) groups is 1. The van der Waals surface area contributed by atoms with Crippen LogP contribution in [0.5, 0.6) is 0 Å². The number of amides is 1. The van der Waals surface area contributed by atoms with Crippen molar-refractivity contribution < 1.29 is 9.32 Å². The highest BCUT2D eigenvalue weighted by molar-refractivity contribution is 6.08. The van der Waals surface area contributed by atoms with Crippen LogP contribution >= 0.6 is 0 Å². The summed E-state index contributed by atoms with van der Waals surface area (Å²) >= 11 is 0. The Bertz CT molecular complexity index is 1610. The molecule has 35 heavy (non-hydrogen) atoms. The average Bonchev–Trinajstić information content (AvgIpc) is 3.49. The van der Waals surface area contributed by atoms with Crippen molar-refractivity contribution in [2.75, 3.05) is 5.32 Å². The van der Waals surface area contributed by atoms with E-state index in [0.717, 1.165) is 23.7 Å². The van der Waals surface area contributed by atoms with Crippen molar-refractivity contribution in [2.45, 2.75) is 19.4 Å². The Morgan fingerprint density at radius 2 is 1.86 bits per heavy atom. The molecule has 0 fully saturated rings. The third-order valence-electron chi connectivity index (χ3n) is 5.83. The quantitative estimate of drug-likeness (QED) is 0.362. The molecule has 2 N–H and O–H groups in total. The molecule has 8 heteroatoms. The normalized spacial score (nSPS) is 10.8. The lowest BCUT2D eigenvalue weighted by atomic mass is 10.1. The lowest BCUT2D eigenvalue weighted by Gasteiger charge is -2.13. The van der Waals surface area contributed by atoms with Crippen LogP contribution in [0.25, 0.3) is 22.3 Å². The van der Waals surface area contributed by atoms with E-state index in [1.165, 1.54) is 5.56 Å². The minimum Gasteiger partial charge on any atom is -0.336 e. The summed E-state index contributed by atoms with van der Waals surface area (Å²) in [7, 11) is 0. The third-order valence-corrected chi connectivity index (χ3v) is 5.83. The molecule has 0 bridgehead atoms. The summed E-state index contributed by atoms with van der Waals surface area (Å²) < 4.78 is 6.64. The van der Waals surface area contributed by atoms with Crippen LogP contribution < -0.4 is 11.1 Å². The zero-order valence-corrected chi connectivity index (χ0v) is 18.7. The number of fused-ring (bicyclic) bond motifs is 1. The standard InChI is InChI=1S/C27H21N5O3/c28-17-19-12-13-22(21(15-19)25-30-27(34)35-31-25)29-26(33)24-16-20-10-4-5-11-23(20)32(24)14-6-9-18-7-2-1-3-8-18/h1-5,7-8,10-13,15-16H,6,9,14H2,(H,29,33)(H,30,31,34). The Kier molecular flexibility index (Phi) is 5.97. The number of aryl methyl sites for hydroxylation is 2. The average molecular weight is 463 g/mol.